The van der Waals surface area contributed by atoms with Gasteiger partial charge in [-0.05, 0) is 38.1 Å². The second-order valence-corrected chi connectivity index (χ2v) is 11.0. The van der Waals surface area contributed by atoms with Gasteiger partial charge in [-0.2, -0.15) is 0 Å². The van der Waals surface area contributed by atoms with E-state index in [0.29, 0.717) is 21.0 Å². The molecule has 0 saturated carbocycles. The summed E-state index contributed by atoms with van der Waals surface area (Å²) >= 11 is 8.08. The summed E-state index contributed by atoms with van der Waals surface area (Å²) in [5.41, 5.74) is 0. The first-order valence-electron chi connectivity index (χ1n) is 7.49. The van der Waals surface area contributed by atoms with Gasteiger partial charge in [0.25, 0.3) is 0 Å². The molecule has 0 fully saturated rings. The quantitative estimate of drug-likeness (QED) is 0.568. The Morgan fingerprint density at radius 2 is 1.09 bits per heavy atom. The van der Waals surface area contributed by atoms with Crippen LogP contribution in [-0.4, -0.2) is 10.5 Å². The predicted molar refractivity (Wildman–Crippen MR) is 105 cm³/mol. The van der Waals surface area contributed by atoms with Gasteiger partial charge < -0.3 is 0 Å². The summed E-state index contributed by atoms with van der Waals surface area (Å²) in [6.07, 6.45) is 9.65. The molecule has 0 aromatic carbocycles. The number of aryl methyl sites for hydroxylation is 2. The molecule has 4 unspecified atom stereocenters. The van der Waals surface area contributed by atoms with Gasteiger partial charge in [0, 0.05) is 30.0 Å². The minimum atomic E-state index is 0.556. The zero-order valence-corrected chi connectivity index (χ0v) is 15.8. The number of rotatable bonds is 3. The van der Waals surface area contributed by atoms with Crippen LogP contribution in [0.4, 0.5) is 0 Å². The molecule has 2 aromatic rings. The van der Waals surface area contributed by atoms with Crippen LogP contribution in [0.25, 0.3) is 0 Å². The van der Waals surface area contributed by atoms with E-state index in [1.54, 1.807) is 0 Å². The van der Waals surface area contributed by atoms with E-state index < -0.39 is 0 Å². The number of thioether (sulfide) groups is 2. The molecule has 0 nitrogen and oxygen atoms in total. The fourth-order valence-corrected chi connectivity index (χ4v) is 7.85. The molecule has 22 heavy (non-hydrogen) atoms. The number of hydrogen-bond donors (Lipinski definition) is 0. The van der Waals surface area contributed by atoms with Crippen LogP contribution in [-0.2, 0) is 0 Å². The third-order valence-electron chi connectivity index (χ3n) is 3.97. The maximum atomic E-state index is 2.43. The molecular weight excluding hydrogens is 344 g/mol. The molecule has 4 heterocycles. The average Bonchev–Trinajstić information content (AvgIpc) is 3.24. The first kappa shape index (κ1) is 15.1. The minimum absolute atomic E-state index is 0.556. The molecule has 0 saturated heterocycles. The van der Waals surface area contributed by atoms with Crippen molar-refractivity contribution in [2.45, 2.75) is 34.8 Å². The van der Waals surface area contributed by atoms with E-state index in [9.17, 15) is 0 Å². The van der Waals surface area contributed by atoms with Gasteiger partial charge in [-0.25, -0.2) is 0 Å². The Bertz CT molecular complexity index is 659. The summed E-state index contributed by atoms with van der Waals surface area (Å²) in [5, 5.41) is 2.33. The van der Waals surface area contributed by atoms with E-state index in [-0.39, 0.29) is 0 Å². The van der Waals surface area contributed by atoms with Crippen LogP contribution in [0.3, 0.4) is 0 Å². The lowest BCUT2D eigenvalue weighted by molar-refractivity contribution is 1.12. The zero-order chi connectivity index (χ0) is 15.1. The van der Waals surface area contributed by atoms with Crippen molar-refractivity contribution >= 4 is 46.2 Å². The van der Waals surface area contributed by atoms with Crippen molar-refractivity contribution in [3.8, 4) is 0 Å². The molecule has 0 radical (unpaired) electrons. The van der Waals surface area contributed by atoms with Gasteiger partial charge >= 0.3 is 0 Å². The van der Waals surface area contributed by atoms with Crippen LogP contribution in [0, 0.1) is 13.8 Å². The van der Waals surface area contributed by atoms with Crippen LogP contribution in [0.5, 0.6) is 0 Å². The lowest BCUT2D eigenvalue weighted by Crippen LogP contribution is -2.11. The molecule has 0 amide bonds. The highest BCUT2D eigenvalue weighted by Crippen LogP contribution is 2.50. The molecule has 2 aromatic heterocycles. The normalized spacial score (nSPS) is 30.5. The Kier molecular flexibility index (Phi) is 4.29. The monoisotopic (exact) mass is 362 g/mol. The largest absolute Gasteiger partial charge is 0.144 e. The fraction of sp³-hybridized carbons (Fsp3) is 0.333. The second-order valence-electron chi connectivity index (χ2n) is 5.71. The van der Waals surface area contributed by atoms with E-state index in [2.05, 4.69) is 85.9 Å². The molecule has 0 bridgehead atoms. The molecule has 4 atom stereocenters. The van der Waals surface area contributed by atoms with Crippen molar-refractivity contribution in [2.24, 2.45) is 0 Å². The van der Waals surface area contributed by atoms with E-state index >= 15 is 0 Å². The fourth-order valence-electron chi connectivity index (χ4n) is 2.85. The van der Waals surface area contributed by atoms with Crippen molar-refractivity contribution in [1.29, 1.82) is 0 Å². The molecule has 2 aliphatic heterocycles. The van der Waals surface area contributed by atoms with Crippen LogP contribution >= 0.6 is 46.2 Å². The smallest absolute Gasteiger partial charge is 0.0577 e. The summed E-state index contributed by atoms with van der Waals surface area (Å²) in [4.78, 5) is 5.82. The summed E-state index contributed by atoms with van der Waals surface area (Å²) < 4.78 is 0. The van der Waals surface area contributed by atoms with Gasteiger partial charge in [0.2, 0.25) is 0 Å². The van der Waals surface area contributed by atoms with Crippen molar-refractivity contribution in [3.63, 3.8) is 0 Å². The SMILES string of the molecule is Cc1ccc(C2C=CC(C3C=CC(c4ccc(C)s4)S3)S2)s1. The van der Waals surface area contributed by atoms with Crippen molar-refractivity contribution in [3.05, 3.63) is 68.1 Å². The van der Waals surface area contributed by atoms with E-state index in [4.69, 9.17) is 0 Å². The molecule has 2 aliphatic rings. The summed E-state index contributed by atoms with van der Waals surface area (Å²) in [7, 11) is 0. The highest BCUT2D eigenvalue weighted by Gasteiger charge is 2.32. The van der Waals surface area contributed by atoms with Gasteiger partial charge in [-0.1, -0.05) is 24.3 Å². The molecule has 4 heteroatoms. The predicted octanol–water partition coefficient (Wildman–Crippen LogP) is 6.55. The lowest BCUT2D eigenvalue weighted by Gasteiger charge is -2.17. The Balaban J connectivity index is 1.41. The van der Waals surface area contributed by atoms with Gasteiger partial charge in [-0.3, -0.25) is 0 Å². The maximum Gasteiger partial charge on any atom is 0.0577 e. The van der Waals surface area contributed by atoms with E-state index in [0.717, 1.165) is 0 Å². The standard InChI is InChI=1S/C18H18S4/c1-11-3-5-13(19-11)15-7-9-17(21-15)18-10-8-16(22-18)14-6-4-12(2)20-14/h3-10,15-18H,1-2H3. The van der Waals surface area contributed by atoms with E-state index in [1.165, 1.54) is 19.5 Å². The Labute approximate surface area is 148 Å². The third-order valence-corrected chi connectivity index (χ3v) is 9.54. The van der Waals surface area contributed by atoms with Gasteiger partial charge in [0.15, 0.2) is 0 Å². The van der Waals surface area contributed by atoms with Crippen LogP contribution < -0.4 is 0 Å². The van der Waals surface area contributed by atoms with Crippen LogP contribution in [0.2, 0.25) is 0 Å². The first-order chi connectivity index (χ1) is 10.7. The summed E-state index contributed by atoms with van der Waals surface area (Å²) in [6, 6.07) is 9.06. The molecule has 0 aliphatic carbocycles. The summed E-state index contributed by atoms with van der Waals surface area (Å²) in [6.45, 7) is 4.39. The van der Waals surface area contributed by atoms with Crippen LogP contribution in [0.15, 0.2) is 48.6 Å². The average molecular weight is 363 g/mol. The van der Waals surface area contributed by atoms with Gasteiger partial charge in [0.1, 0.15) is 0 Å². The van der Waals surface area contributed by atoms with Gasteiger partial charge in [0.05, 0.1) is 10.5 Å². The Morgan fingerprint density at radius 1 is 0.636 bits per heavy atom. The minimum Gasteiger partial charge on any atom is -0.144 e. The Hall–Kier alpha value is -0.420. The molecule has 0 spiro atoms. The highest BCUT2D eigenvalue weighted by atomic mass is 32.2. The van der Waals surface area contributed by atoms with Gasteiger partial charge in [-0.15, -0.1) is 46.2 Å². The molecule has 114 valence electrons. The molecular formula is C18H18S4. The maximum absolute atomic E-state index is 2.43. The number of hydrogen-bond acceptors (Lipinski definition) is 4. The Morgan fingerprint density at radius 3 is 1.45 bits per heavy atom. The summed E-state index contributed by atoms with van der Waals surface area (Å²) in [5.74, 6) is 0. The first-order valence-corrected chi connectivity index (χ1v) is 11.0. The van der Waals surface area contributed by atoms with Crippen LogP contribution in [0.1, 0.15) is 30.0 Å². The topological polar surface area (TPSA) is 0 Å². The zero-order valence-electron chi connectivity index (χ0n) is 12.6. The van der Waals surface area contributed by atoms with Crippen molar-refractivity contribution < 1.29 is 0 Å². The van der Waals surface area contributed by atoms with Crippen molar-refractivity contribution in [2.75, 3.05) is 0 Å². The highest BCUT2D eigenvalue weighted by molar-refractivity contribution is 8.04. The number of thiophene rings is 2. The molecule has 4 rings (SSSR count). The lowest BCUT2D eigenvalue weighted by atomic mass is 10.2. The third kappa shape index (κ3) is 2.99. The second kappa shape index (κ2) is 6.23. The molecule has 0 N–H and O–H groups in total. The van der Waals surface area contributed by atoms with Crippen molar-refractivity contribution in [1.82, 2.24) is 0 Å². The van der Waals surface area contributed by atoms with E-state index in [1.807, 2.05) is 22.7 Å².